The highest BCUT2D eigenvalue weighted by Crippen LogP contribution is 2.46. The van der Waals surface area contributed by atoms with E-state index < -0.39 is 0 Å². The van der Waals surface area contributed by atoms with Gasteiger partial charge in [-0.3, -0.25) is 4.57 Å². The van der Waals surface area contributed by atoms with Crippen molar-refractivity contribution in [3.8, 4) is 23.3 Å². The fraction of sp³-hybridized carbons (Fsp3) is 0. The van der Waals surface area contributed by atoms with Crippen LogP contribution in [0, 0.1) is 11.3 Å². The molecule has 0 N–H and O–H groups in total. The van der Waals surface area contributed by atoms with Crippen molar-refractivity contribution in [1.82, 2.24) is 18.9 Å². The molecule has 10 aromatic rings. The van der Waals surface area contributed by atoms with Crippen molar-refractivity contribution in [2.24, 2.45) is 0 Å². The van der Waals surface area contributed by atoms with Crippen LogP contribution in [0.4, 0.5) is 0 Å². The maximum atomic E-state index is 9.64. The highest BCUT2D eigenvalue weighted by molar-refractivity contribution is 6.35. The lowest BCUT2D eigenvalue weighted by Gasteiger charge is -2.12. The van der Waals surface area contributed by atoms with Crippen molar-refractivity contribution < 1.29 is 0 Å². The molecular formula is C39H21N5. The van der Waals surface area contributed by atoms with Crippen LogP contribution < -0.4 is 0 Å². The summed E-state index contributed by atoms with van der Waals surface area (Å²) in [5.74, 6) is 0.605. The van der Waals surface area contributed by atoms with E-state index >= 15 is 0 Å². The monoisotopic (exact) mass is 559 g/mol. The summed E-state index contributed by atoms with van der Waals surface area (Å²) in [4.78, 5) is 10.4. The van der Waals surface area contributed by atoms with Crippen molar-refractivity contribution in [2.45, 2.75) is 0 Å². The molecule has 0 amide bonds. The van der Waals surface area contributed by atoms with E-state index in [4.69, 9.17) is 9.97 Å². The summed E-state index contributed by atoms with van der Waals surface area (Å²) >= 11 is 0. The Labute approximate surface area is 250 Å². The number of para-hydroxylation sites is 4. The van der Waals surface area contributed by atoms with E-state index in [0.717, 1.165) is 38.6 Å². The van der Waals surface area contributed by atoms with Gasteiger partial charge in [-0.25, -0.2) is 9.97 Å². The summed E-state index contributed by atoms with van der Waals surface area (Å²) < 4.78 is 4.64. The van der Waals surface area contributed by atoms with Crippen LogP contribution in [0.5, 0.6) is 0 Å². The zero-order valence-electron chi connectivity index (χ0n) is 23.4. The number of fused-ring (bicyclic) bond motifs is 11. The Hall–Kier alpha value is -6.25. The van der Waals surface area contributed by atoms with E-state index in [1.54, 1.807) is 0 Å². The number of nitriles is 1. The van der Waals surface area contributed by atoms with Gasteiger partial charge in [0.15, 0.2) is 0 Å². The minimum Gasteiger partial charge on any atom is -0.308 e. The highest BCUT2D eigenvalue weighted by atomic mass is 15.2. The topological polar surface area (TPSA) is 58.9 Å². The zero-order chi connectivity index (χ0) is 28.9. The zero-order valence-corrected chi connectivity index (χ0v) is 23.4. The molecule has 5 heteroatoms. The smallest absolute Gasteiger partial charge is 0.235 e. The van der Waals surface area contributed by atoms with E-state index in [-0.39, 0.29) is 0 Å². The first-order valence-electron chi connectivity index (χ1n) is 14.7. The van der Waals surface area contributed by atoms with Gasteiger partial charge in [-0.05, 0) is 42.5 Å². The third-order valence-corrected chi connectivity index (χ3v) is 9.06. The van der Waals surface area contributed by atoms with Crippen LogP contribution in [0.25, 0.3) is 88.0 Å². The molecule has 0 radical (unpaired) electrons. The second-order valence-corrected chi connectivity index (χ2v) is 11.3. The van der Waals surface area contributed by atoms with Crippen molar-refractivity contribution in [1.29, 1.82) is 5.26 Å². The molecule has 0 spiro atoms. The van der Waals surface area contributed by atoms with Gasteiger partial charge in [-0.1, -0.05) is 84.9 Å². The molecule has 4 heterocycles. The number of rotatable bonds is 2. The van der Waals surface area contributed by atoms with Crippen LogP contribution in [-0.2, 0) is 0 Å². The third kappa shape index (κ3) is 2.91. The Kier molecular flexibility index (Phi) is 4.46. The van der Waals surface area contributed by atoms with Crippen molar-refractivity contribution in [3.63, 3.8) is 0 Å². The Morgan fingerprint density at radius 1 is 0.523 bits per heavy atom. The molecule has 5 nitrogen and oxygen atoms in total. The number of aromatic nitrogens is 4. The van der Waals surface area contributed by atoms with E-state index in [0.29, 0.717) is 11.5 Å². The van der Waals surface area contributed by atoms with Gasteiger partial charge < -0.3 is 4.40 Å². The normalized spacial score (nSPS) is 12.1. The molecule has 0 aliphatic carbocycles. The Morgan fingerprint density at radius 2 is 1.18 bits per heavy atom. The quantitative estimate of drug-likeness (QED) is 0.212. The fourth-order valence-electron chi connectivity index (χ4n) is 7.30. The van der Waals surface area contributed by atoms with Gasteiger partial charge in [-0.2, -0.15) is 5.26 Å². The molecule has 4 aromatic heterocycles. The van der Waals surface area contributed by atoms with Crippen molar-refractivity contribution >= 4 is 70.8 Å². The van der Waals surface area contributed by atoms with Crippen molar-refractivity contribution in [3.05, 3.63) is 133 Å². The first-order chi connectivity index (χ1) is 21.8. The molecule has 44 heavy (non-hydrogen) atoms. The summed E-state index contributed by atoms with van der Waals surface area (Å²) in [5, 5.41) is 17.9. The first-order valence-corrected chi connectivity index (χ1v) is 14.7. The minimum atomic E-state index is 0.601. The molecule has 0 saturated heterocycles. The van der Waals surface area contributed by atoms with Crippen LogP contribution in [0.3, 0.4) is 0 Å². The van der Waals surface area contributed by atoms with Gasteiger partial charge >= 0.3 is 0 Å². The van der Waals surface area contributed by atoms with Crippen LogP contribution >= 0.6 is 0 Å². The predicted molar refractivity (Wildman–Crippen MR) is 179 cm³/mol. The molecule has 10 rings (SSSR count). The molecule has 0 fully saturated rings. The molecule has 0 aliphatic heterocycles. The van der Waals surface area contributed by atoms with Gasteiger partial charge in [0.2, 0.25) is 5.95 Å². The molecule has 0 unspecified atom stereocenters. The standard InChI is InChI=1S/C39H21N5/c40-22-23-10-9-11-24(20-23)37-26-13-1-5-16-30(26)41-39(42-37)44-33-19-8-3-14-27(33)35-34(44)21-29-25-12-2-6-17-31(25)43-32-18-7-4-15-28(32)36(35)38(29)43/h1-21H. The molecule has 0 aliphatic rings. The van der Waals surface area contributed by atoms with Gasteiger partial charge in [0.1, 0.15) is 0 Å². The van der Waals surface area contributed by atoms with Crippen LogP contribution in [-0.4, -0.2) is 18.9 Å². The summed E-state index contributed by atoms with van der Waals surface area (Å²) in [6, 6.07) is 46.3. The summed E-state index contributed by atoms with van der Waals surface area (Å²) in [6.07, 6.45) is 0. The molecular weight excluding hydrogens is 538 g/mol. The van der Waals surface area contributed by atoms with E-state index in [9.17, 15) is 5.26 Å². The molecule has 202 valence electrons. The van der Waals surface area contributed by atoms with Gasteiger partial charge in [0.25, 0.3) is 0 Å². The SMILES string of the molecule is N#Cc1cccc(-c2nc(-n3c4ccccc4c4c5c6ccccc6n6c7ccccc7c(cc43)c56)nc3ccccc23)c1. The Morgan fingerprint density at radius 3 is 1.98 bits per heavy atom. The average molecular weight is 560 g/mol. The third-order valence-electron chi connectivity index (χ3n) is 9.06. The fourth-order valence-corrected chi connectivity index (χ4v) is 7.30. The molecule has 0 bridgehead atoms. The highest BCUT2D eigenvalue weighted by Gasteiger charge is 2.25. The predicted octanol–water partition coefficient (Wildman–Crippen LogP) is 9.42. The van der Waals surface area contributed by atoms with E-state index in [1.807, 2.05) is 42.5 Å². The summed E-state index contributed by atoms with van der Waals surface area (Å²) in [6.45, 7) is 0. The maximum Gasteiger partial charge on any atom is 0.235 e. The second-order valence-electron chi connectivity index (χ2n) is 11.3. The van der Waals surface area contributed by atoms with Crippen molar-refractivity contribution in [2.75, 3.05) is 0 Å². The summed E-state index contributed by atoms with van der Waals surface area (Å²) in [5.41, 5.74) is 8.94. The number of nitrogens with zero attached hydrogens (tertiary/aromatic N) is 5. The first kappa shape index (κ1) is 23.3. The lowest BCUT2D eigenvalue weighted by Crippen LogP contribution is -2.03. The van der Waals surface area contributed by atoms with Crippen LogP contribution in [0.1, 0.15) is 5.56 Å². The number of hydrogen-bond acceptors (Lipinski definition) is 3. The molecule has 6 aromatic carbocycles. The lowest BCUT2D eigenvalue weighted by atomic mass is 10.0. The van der Waals surface area contributed by atoms with E-state index in [2.05, 4.69) is 100.0 Å². The van der Waals surface area contributed by atoms with Gasteiger partial charge in [0.05, 0.1) is 50.4 Å². The van der Waals surface area contributed by atoms with Gasteiger partial charge in [-0.15, -0.1) is 0 Å². The lowest BCUT2D eigenvalue weighted by molar-refractivity contribution is 1.01. The van der Waals surface area contributed by atoms with Crippen LogP contribution in [0.2, 0.25) is 0 Å². The average Bonchev–Trinajstić information content (AvgIpc) is 3.72. The van der Waals surface area contributed by atoms with Gasteiger partial charge in [0, 0.05) is 43.3 Å². The largest absolute Gasteiger partial charge is 0.308 e. The molecule has 0 saturated carbocycles. The Balaban J connectivity index is 1.42. The number of hydrogen-bond donors (Lipinski definition) is 0. The minimum absolute atomic E-state index is 0.601. The van der Waals surface area contributed by atoms with Crippen LogP contribution in [0.15, 0.2) is 127 Å². The second kappa shape index (κ2) is 8.41. The van der Waals surface area contributed by atoms with E-state index in [1.165, 1.54) is 43.5 Å². The maximum absolute atomic E-state index is 9.64. The molecule has 0 atom stereocenters. The summed E-state index contributed by atoms with van der Waals surface area (Å²) in [7, 11) is 0. The number of benzene rings is 6. The Bertz CT molecular complexity index is 2850.